The van der Waals surface area contributed by atoms with Crippen LogP contribution < -0.4 is 15.1 Å². The van der Waals surface area contributed by atoms with Gasteiger partial charge in [0.1, 0.15) is 10.6 Å². The molecule has 1 amide bonds. The number of nitrogens with one attached hydrogen (secondary N) is 1. The number of ether oxygens (including phenoxy) is 1. The minimum absolute atomic E-state index is 0.0802. The smallest absolute Gasteiger partial charge is 0.255 e. The first kappa shape index (κ1) is 22.3. The summed E-state index contributed by atoms with van der Waals surface area (Å²) in [5.41, 5.74) is 2.90. The van der Waals surface area contributed by atoms with Gasteiger partial charge in [0.15, 0.2) is 0 Å². The number of nitrogens with zero attached hydrogens (tertiary/aromatic N) is 3. The first-order chi connectivity index (χ1) is 15.4. The Labute approximate surface area is 188 Å². The fourth-order valence-corrected chi connectivity index (χ4v) is 5.55. The third kappa shape index (κ3) is 4.63. The van der Waals surface area contributed by atoms with Crippen LogP contribution in [0.4, 0.5) is 11.4 Å². The Balaban J connectivity index is 1.54. The number of hydrogen-bond donors (Lipinski definition) is 1. The number of benzene rings is 2. The lowest BCUT2D eigenvalue weighted by atomic mass is 10.2. The molecule has 2 aliphatic rings. The highest BCUT2D eigenvalue weighted by Gasteiger charge is 2.30. The molecular formula is C23H28N4O4S. The van der Waals surface area contributed by atoms with E-state index in [9.17, 15) is 13.2 Å². The van der Waals surface area contributed by atoms with Crippen molar-refractivity contribution in [2.75, 3.05) is 36.6 Å². The van der Waals surface area contributed by atoms with Gasteiger partial charge in [-0.2, -0.15) is 9.41 Å². The van der Waals surface area contributed by atoms with Gasteiger partial charge in [0.2, 0.25) is 10.0 Å². The topological polar surface area (TPSA) is 91.3 Å². The molecule has 8 nitrogen and oxygen atoms in total. The maximum atomic E-state index is 13.1. The molecule has 2 aromatic carbocycles. The van der Waals surface area contributed by atoms with E-state index >= 15 is 0 Å². The molecule has 2 aliphatic heterocycles. The molecule has 1 N–H and O–H groups in total. The zero-order valence-corrected chi connectivity index (χ0v) is 19.2. The summed E-state index contributed by atoms with van der Waals surface area (Å²) in [5, 5.41) is 9.19. The van der Waals surface area contributed by atoms with Gasteiger partial charge in [-0.3, -0.25) is 9.80 Å². The van der Waals surface area contributed by atoms with Crippen molar-refractivity contribution in [2.45, 2.75) is 38.0 Å². The third-order valence-electron chi connectivity index (χ3n) is 5.59. The fourth-order valence-electron chi connectivity index (χ4n) is 3.88. The summed E-state index contributed by atoms with van der Waals surface area (Å²) in [4.78, 5) is 12.9. The van der Waals surface area contributed by atoms with Crippen LogP contribution in [-0.2, 0) is 10.0 Å². The molecule has 1 fully saturated rings. The first-order valence-corrected chi connectivity index (χ1v) is 12.3. The number of amides is 1. The Hall–Kier alpha value is -2.91. The van der Waals surface area contributed by atoms with Gasteiger partial charge in [-0.15, -0.1) is 0 Å². The van der Waals surface area contributed by atoms with Crippen LogP contribution in [0.15, 0.2) is 52.5 Å². The normalized spacial score (nSPS) is 16.8. The molecule has 0 bridgehead atoms. The van der Waals surface area contributed by atoms with Crippen LogP contribution >= 0.6 is 0 Å². The molecule has 0 unspecified atom stereocenters. The van der Waals surface area contributed by atoms with E-state index < -0.39 is 10.0 Å². The number of carbonyl (C=O) groups is 1. The van der Waals surface area contributed by atoms with E-state index in [0.29, 0.717) is 36.7 Å². The summed E-state index contributed by atoms with van der Waals surface area (Å²) in [6.07, 6.45) is 2.62. The average molecular weight is 457 g/mol. The summed E-state index contributed by atoms with van der Waals surface area (Å²) in [5.74, 6) is -0.0189. The Bertz CT molecular complexity index is 1120. The van der Waals surface area contributed by atoms with Crippen LogP contribution in [0.25, 0.3) is 0 Å². The van der Waals surface area contributed by atoms with Gasteiger partial charge in [0.05, 0.1) is 12.3 Å². The molecule has 2 heterocycles. The molecule has 32 heavy (non-hydrogen) atoms. The first-order valence-electron chi connectivity index (χ1n) is 10.9. The van der Waals surface area contributed by atoms with Crippen molar-refractivity contribution < 1.29 is 17.9 Å². The quantitative estimate of drug-likeness (QED) is 0.686. The van der Waals surface area contributed by atoms with E-state index in [0.717, 1.165) is 37.2 Å². The summed E-state index contributed by atoms with van der Waals surface area (Å²) >= 11 is 0. The lowest BCUT2D eigenvalue weighted by molar-refractivity contribution is 0.102. The molecule has 4 rings (SSSR count). The Morgan fingerprint density at radius 1 is 1.09 bits per heavy atom. The number of hydrazone groups is 1. The van der Waals surface area contributed by atoms with Crippen molar-refractivity contribution in [2.24, 2.45) is 5.10 Å². The van der Waals surface area contributed by atoms with Crippen LogP contribution in [0.3, 0.4) is 0 Å². The van der Waals surface area contributed by atoms with Gasteiger partial charge in [-0.1, -0.05) is 0 Å². The van der Waals surface area contributed by atoms with Crippen molar-refractivity contribution >= 4 is 33.0 Å². The van der Waals surface area contributed by atoms with Crippen LogP contribution in [0.2, 0.25) is 0 Å². The largest absolute Gasteiger partial charge is 0.492 e. The predicted molar refractivity (Wildman–Crippen MR) is 125 cm³/mol. The molecule has 1 saturated heterocycles. The number of anilines is 2. The Morgan fingerprint density at radius 3 is 2.44 bits per heavy atom. The maximum absolute atomic E-state index is 13.1. The lowest BCUT2D eigenvalue weighted by Crippen LogP contribution is -2.28. The predicted octanol–water partition coefficient (Wildman–Crippen LogP) is 3.71. The highest BCUT2D eigenvalue weighted by atomic mass is 32.2. The maximum Gasteiger partial charge on any atom is 0.255 e. The van der Waals surface area contributed by atoms with Gasteiger partial charge in [-0.05, 0) is 69.2 Å². The summed E-state index contributed by atoms with van der Waals surface area (Å²) in [7, 11) is -3.69. The van der Waals surface area contributed by atoms with Crippen LogP contribution in [0, 0.1) is 0 Å². The third-order valence-corrected chi connectivity index (χ3v) is 7.51. The minimum Gasteiger partial charge on any atom is -0.492 e. The molecule has 2 aromatic rings. The van der Waals surface area contributed by atoms with E-state index in [1.807, 2.05) is 24.1 Å². The molecule has 0 aromatic heterocycles. The van der Waals surface area contributed by atoms with E-state index in [2.05, 4.69) is 10.4 Å². The molecule has 170 valence electrons. The second kappa shape index (κ2) is 9.30. The average Bonchev–Trinajstić information content (AvgIpc) is 3.47. The van der Waals surface area contributed by atoms with Crippen molar-refractivity contribution in [3.8, 4) is 5.75 Å². The minimum atomic E-state index is -3.69. The van der Waals surface area contributed by atoms with Crippen molar-refractivity contribution in [1.29, 1.82) is 0 Å². The number of rotatable bonds is 7. The SMILES string of the molecule is CCOc1ccc(NC(=O)c2ccc(N3CCC(C)=N3)cc2)cc1S(=O)(=O)N1CCCC1. The highest BCUT2D eigenvalue weighted by Crippen LogP contribution is 2.32. The van der Waals surface area contributed by atoms with Crippen molar-refractivity contribution in [3.05, 3.63) is 48.0 Å². The summed E-state index contributed by atoms with van der Waals surface area (Å²) in [6.45, 7) is 5.98. The standard InChI is InChI=1S/C23H28N4O4S/c1-3-31-21-11-8-19(16-22(21)32(29,30)26-13-4-5-14-26)24-23(28)18-6-9-20(10-7-18)27-15-12-17(2)25-27/h6-11,16H,3-5,12-15H2,1-2H3,(H,24,28). The zero-order valence-electron chi connectivity index (χ0n) is 18.4. The van der Waals surface area contributed by atoms with E-state index in [-0.39, 0.29) is 10.8 Å². The number of sulfonamides is 1. The molecule has 9 heteroatoms. The monoisotopic (exact) mass is 456 g/mol. The van der Waals surface area contributed by atoms with Gasteiger partial charge in [0.25, 0.3) is 5.91 Å². The molecule has 0 saturated carbocycles. The van der Waals surface area contributed by atoms with Crippen molar-refractivity contribution in [3.63, 3.8) is 0 Å². The van der Waals surface area contributed by atoms with Crippen molar-refractivity contribution in [1.82, 2.24) is 4.31 Å². The molecule has 0 atom stereocenters. The summed E-state index contributed by atoms with van der Waals surface area (Å²) in [6, 6.07) is 11.9. The second-order valence-corrected chi connectivity index (χ2v) is 9.82. The zero-order chi connectivity index (χ0) is 22.7. The Morgan fingerprint density at radius 2 is 1.81 bits per heavy atom. The van der Waals surface area contributed by atoms with Gasteiger partial charge in [0, 0.05) is 43.0 Å². The number of hydrogen-bond acceptors (Lipinski definition) is 6. The molecule has 0 radical (unpaired) electrons. The van der Waals surface area contributed by atoms with Gasteiger partial charge >= 0.3 is 0 Å². The van der Waals surface area contributed by atoms with E-state index in [1.54, 1.807) is 31.2 Å². The van der Waals surface area contributed by atoms with Crippen LogP contribution in [0.5, 0.6) is 5.75 Å². The second-order valence-electron chi connectivity index (χ2n) is 7.92. The van der Waals surface area contributed by atoms with Gasteiger partial charge in [-0.25, -0.2) is 8.42 Å². The number of carbonyl (C=O) groups excluding carboxylic acids is 1. The van der Waals surface area contributed by atoms with Gasteiger partial charge < -0.3 is 10.1 Å². The van der Waals surface area contributed by atoms with Crippen LogP contribution in [0.1, 0.15) is 43.5 Å². The molecule has 0 spiro atoms. The van der Waals surface area contributed by atoms with E-state index in [1.165, 1.54) is 10.4 Å². The highest BCUT2D eigenvalue weighted by molar-refractivity contribution is 7.89. The fraction of sp³-hybridized carbons (Fsp3) is 0.391. The molecule has 0 aliphatic carbocycles. The van der Waals surface area contributed by atoms with Crippen LogP contribution in [-0.4, -0.2) is 50.6 Å². The van der Waals surface area contributed by atoms with E-state index in [4.69, 9.17) is 4.74 Å². The lowest BCUT2D eigenvalue weighted by Gasteiger charge is -2.19. The summed E-state index contributed by atoms with van der Waals surface area (Å²) < 4.78 is 33.3. The molecular weight excluding hydrogens is 428 g/mol. The Kier molecular flexibility index (Phi) is 6.48.